The standard InChI is InChI=1S/C8H8N2S4/c11-7(12)9-10(8(13)14)6-4-2-1-3-5-6/h1-5H,(H,13,14)(H2,9,11,12). The van der Waals surface area contributed by atoms with E-state index in [2.05, 4.69) is 30.7 Å². The fourth-order valence-corrected chi connectivity index (χ4v) is 1.40. The molecule has 0 aliphatic heterocycles. The monoisotopic (exact) mass is 260 g/mol. The van der Waals surface area contributed by atoms with Crippen molar-refractivity contribution in [2.24, 2.45) is 0 Å². The zero-order valence-electron chi connectivity index (χ0n) is 7.04. The Balaban J connectivity index is 2.89. The average Bonchev–Trinajstić information content (AvgIpc) is 2.15. The Kier molecular flexibility index (Phi) is 4.67. The number of nitrogens with one attached hydrogen (secondary N) is 1. The van der Waals surface area contributed by atoms with Crippen LogP contribution in [-0.2, 0) is 0 Å². The maximum Gasteiger partial charge on any atom is 0.156 e. The van der Waals surface area contributed by atoms with Crippen molar-refractivity contribution in [3.63, 3.8) is 0 Å². The Labute approximate surface area is 104 Å². The van der Waals surface area contributed by atoms with E-state index in [1.165, 1.54) is 0 Å². The number of hydrogen-bond acceptors (Lipinski definition) is 2. The Bertz CT molecular complexity index is 338. The van der Waals surface area contributed by atoms with Crippen LogP contribution in [0.2, 0.25) is 0 Å². The molecule has 2 nitrogen and oxygen atoms in total. The highest BCUT2D eigenvalue weighted by atomic mass is 32.1. The molecule has 0 aromatic heterocycles. The first kappa shape index (κ1) is 11.8. The van der Waals surface area contributed by atoms with Crippen molar-refractivity contribution in [1.29, 1.82) is 0 Å². The van der Waals surface area contributed by atoms with Gasteiger partial charge in [-0.15, -0.1) is 25.3 Å². The van der Waals surface area contributed by atoms with Gasteiger partial charge in [-0.1, -0.05) is 42.6 Å². The van der Waals surface area contributed by atoms with E-state index in [0.717, 1.165) is 5.69 Å². The van der Waals surface area contributed by atoms with Gasteiger partial charge in [-0.25, -0.2) is 5.01 Å². The molecule has 6 heteroatoms. The fourth-order valence-electron chi connectivity index (χ4n) is 0.896. The topological polar surface area (TPSA) is 15.3 Å². The molecule has 0 aliphatic rings. The first-order valence-electron chi connectivity index (χ1n) is 3.69. The van der Waals surface area contributed by atoms with Gasteiger partial charge in [0.2, 0.25) is 0 Å². The third-order valence-corrected chi connectivity index (χ3v) is 1.99. The quantitative estimate of drug-likeness (QED) is 0.408. The van der Waals surface area contributed by atoms with Crippen LogP contribution in [-0.4, -0.2) is 8.64 Å². The van der Waals surface area contributed by atoms with Crippen molar-refractivity contribution >= 4 is 64.0 Å². The molecule has 0 fully saturated rings. The molecule has 0 aliphatic carbocycles. The van der Waals surface area contributed by atoms with E-state index in [9.17, 15) is 0 Å². The Morgan fingerprint density at radius 1 is 1.14 bits per heavy atom. The molecule has 0 bridgehead atoms. The van der Waals surface area contributed by atoms with Gasteiger partial charge in [-0.05, 0) is 12.1 Å². The molecule has 0 heterocycles. The van der Waals surface area contributed by atoms with Crippen LogP contribution in [0, 0.1) is 0 Å². The minimum Gasteiger partial charge on any atom is -0.277 e. The zero-order valence-corrected chi connectivity index (χ0v) is 10.5. The van der Waals surface area contributed by atoms with Gasteiger partial charge in [0.15, 0.2) is 4.32 Å². The molecular formula is C8H8N2S4. The van der Waals surface area contributed by atoms with E-state index in [1.54, 1.807) is 5.01 Å². The molecule has 0 spiro atoms. The molecule has 1 N–H and O–H groups in total. The van der Waals surface area contributed by atoms with Gasteiger partial charge in [0.1, 0.15) is 4.32 Å². The summed E-state index contributed by atoms with van der Waals surface area (Å²) in [5.41, 5.74) is 3.67. The lowest BCUT2D eigenvalue weighted by Crippen LogP contribution is -2.41. The predicted molar refractivity (Wildman–Crippen MR) is 75.2 cm³/mol. The minimum absolute atomic E-state index is 0.338. The highest BCUT2D eigenvalue weighted by Gasteiger charge is 2.08. The van der Waals surface area contributed by atoms with E-state index in [1.807, 2.05) is 30.3 Å². The SMILES string of the molecule is S=C(S)NN(C(=S)S)c1ccccc1. The summed E-state index contributed by atoms with van der Waals surface area (Å²) in [5, 5.41) is 1.58. The van der Waals surface area contributed by atoms with E-state index >= 15 is 0 Å². The first-order valence-corrected chi connectivity index (χ1v) is 5.40. The summed E-state index contributed by atoms with van der Waals surface area (Å²) in [5.74, 6) is 0. The number of thiol groups is 2. The van der Waals surface area contributed by atoms with Crippen LogP contribution in [0.15, 0.2) is 30.3 Å². The van der Waals surface area contributed by atoms with Gasteiger partial charge >= 0.3 is 0 Å². The van der Waals surface area contributed by atoms with E-state index in [-0.39, 0.29) is 0 Å². The largest absolute Gasteiger partial charge is 0.277 e. The molecule has 1 rings (SSSR count). The highest BCUT2D eigenvalue weighted by Crippen LogP contribution is 2.13. The van der Waals surface area contributed by atoms with Crippen molar-refractivity contribution in [3.05, 3.63) is 30.3 Å². The van der Waals surface area contributed by atoms with E-state index in [0.29, 0.717) is 8.64 Å². The van der Waals surface area contributed by atoms with E-state index < -0.39 is 0 Å². The molecular weight excluding hydrogens is 252 g/mol. The summed E-state index contributed by atoms with van der Waals surface area (Å²) in [7, 11) is 0. The second-order valence-corrected chi connectivity index (χ2v) is 4.64. The molecule has 0 unspecified atom stereocenters. The molecule has 0 saturated heterocycles. The van der Waals surface area contributed by atoms with Crippen LogP contribution >= 0.6 is 49.7 Å². The van der Waals surface area contributed by atoms with Crippen LogP contribution in [0.4, 0.5) is 5.69 Å². The summed E-state index contributed by atoms with van der Waals surface area (Å²) in [4.78, 5) is 0. The number of hydrogen-bond donors (Lipinski definition) is 3. The Morgan fingerprint density at radius 2 is 1.71 bits per heavy atom. The van der Waals surface area contributed by atoms with Crippen LogP contribution in [0.3, 0.4) is 0 Å². The third-order valence-electron chi connectivity index (χ3n) is 1.41. The minimum atomic E-state index is 0.338. The lowest BCUT2D eigenvalue weighted by molar-refractivity contribution is 1.01. The lowest BCUT2D eigenvalue weighted by Gasteiger charge is -2.22. The number of rotatable bonds is 1. The smallest absolute Gasteiger partial charge is 0.156 e. The van der Waals surface area contributed by atoms with Crippen molar-refractivity contribution in [3.8, 4) is 0 Å². The molecule has 1 aromatic carbocycles. The fraction of sp³-hybridized carbons (Fsp3) is 0. The third kappa shape index (κ3) is 3.45. The Hall–Kier alpha value is -0.300. The van der Waals surface area contributed by atoms with Crippen molar-refractivity contribution in [2.45, 2.75) is 0 Å². The normalized spacial score (nSPS) is 9.29. The van der Waals surface area contributed by atoms with Gasteiger partial charge in [0.05, 0.1) is 5.69 Å². The van der Waals surface area contributed by atoms with Gasteiger partial charge in [-0.3, -0.25) is 5.43 Å². The lowest BCUT2D eigenvalue weighted by atomic mass is 10.3. The summed E-state index contributed by atoms with van der Waals surface area (Å²) in [6.07, 6.45) is 0. The van der Waals surface area contributed by atoms with Crippen LogP contribution in [0.5, 0.6) is 0 Å². The molecule has 14 heavy (non-hydrogen) atoms. The zero-order chi connectivity index (χ0) is 10.6. The summed E-state index contributed by atoms with van der Waals surface area (Å²) >= 11 is 17.8. The summed E-state index contributed by atoms with van der Waals surface area (Å²) in [6.45, 7) is 0. The molecule has 0 amide bonds. The van der Waals surface area contributed by atoms with Gasteiger partial charge < -0.3 is 0 Å². The maximum atomic E-state index is 4.95. The van der Waals surface area contributed by atoms with Gasteiger partial charge in [-0.2, -0.15) is 0 Å². The van der Waals surface area contributed by atoms with E-state index in [4.69, 9.17) is 24.4 Å². The van der Waals surface area contributed by atoms with Crippen molar-refractivity contribution in [1.82, 2.24) is 5.43 Å². The van der Waals surface area contributed by atoms with Crippen LogP contribution in [0.1, 0.15) is 0 Å². The van der Waals surface area contributed by atoms with Crippen LogP contribution in [0.25, 0.3) is 0 Å². The number of nitrogens with zero attached hydrogens (tertiary/aromatic N) is 1. The second kappa shape index (κ2) is 5.55. The van der Waals surface area contributed by atoms with Gasteiger partial charge in [0, 0.05) is 0 Å². The number of thiocarbonyl (C=S) groups is 2. The van der Waals surface area contributed by atoms with Crippen LogP contribution < -0.4 is 10.4 Å². The molecule has 0 saturated carbocycles. The predicted octanol–water partition coefficient (Wildman–Crippen LogP) is 2.43. The molecule has 0 radical (unpaired) electrons. The number of hydrazine groups is 1. The van der Waals surface area contributed by atoms with Crippen molar-refractivity contribution < 1.29 is 0 Å². The second-order valence-electron chi connectivity index (χ2n) is 2.37. The number of anilines is 1. The molecule has 0 atom stereocenters. The Morgan fingerprint density at radius 3 is 2.14 bits per heavy atom. The summed E-state index contributed by atoms with van der Waals surface area (Å²) in [6, 6.07) is 9.50. The van der Waals surface area contributed by atoms with Gasteiger partial charge in [0.25, 0.3) is 0 Å². The first-order chi connectivity index (χ1) is 6.61. The molecule has 1 aromatic rings. The number of benzene rings is 1. The highest BCUT2D eigenvalue weighted by molar-refractivity contribution is 8.12. The summed E-state index contributed by atoms with van der Waals surface area (Å²) < 4.78 is 0.720. The van der Waals surface area contributed by atoms with Crippen molar-refractivity contribution in [2.75, 3.05) is 5.01 Å². The molecule has 74 valence electrons. The average molecular weight is 260 g/mol. The maximum absolute atomic E-state index is 4.95. The number of para-hydroxylation sites is 1.